The minimum absolute atomic E-state index is 0.136. The van der Waals surface area contributed by atoms with E-state index in [0.29, 0.717) is 5.92 Å². The van der Waals surface area contributed by atoms with Gasteiger partial charge in [0.1, 0.15) is 10.0 Å². The van der Waals surface area contributed by atoms with Crippen molar-refractivity contribution in [1.29, 1.82) is 0 Å². The van der Waals surface area contributed by atoms with Crippen molar-refractivity contribution in [3.05, 3.63) is 64.3 Å². The fourth-order valence-corrected chi connectivity index (χ4v) is 5.17. The Bertz CT molecular complexity index is 1160. The van der Waals surface area contributed by atoms with Gasteiger partial charge in [0.2, 0.25) is 0 Å². The molecule has 1 aliphatic rings. The Balaban J connectivity index is 1.36. The summed E-state index contributed by atoms with van der Waals surface area (Å²) in [4.78, 5) is 0. The van der Waals surface area contributed by atoms with Crippen LogP contribution in [0.25, 0.3) is 21.5 Å². The van der Waals surface area contributed by atoms with Crippen molar-refractivity contribution >= 4 is 22.2 Å². The zero-order valence-corrected chi connectivity index (χ0v) is 17.1. The predicted octanol–water partition coefficient (Wildman–Crippen LogP) is 3.52. The molecular formula is C22H24N6S. The largest absolute Gasteiger partial charge is 0.326 e. The van der Waals surface area contributed by atoms with E-state index in [9.17, 15) is 0 Å². The number of aromatic nitrogens is 4. The second-order valence-electron chi connectivity index (χ2n) is 7.90. The lowest BCUT2D eigenvalue weighted by Crippen LogP contribution is -2.42. The summed E-state index contributed by atoms with van der Waals surface area (Å²) in [5, 5.41) is 18.8. The highest BCUT2D eigenvalue weighted by molar-refractivity contribution is 7.14. The van der Waals surface area contributed by atoms with E-state index in [1.807, 2.05) is 19.1 Å². The van der Waals surface area contributed by atoms with Crippen molar-refractivity contribution in [2.75, 3.05) is 0 Å². The molecule has 3 unspecified atom stereocenters. The normalized spacial score (nSPS) is 18.5. The minimum Gasteiger partial charge on any atom is -0.326 e. The molecule has 4 aromatic rings. The summed E-state index contributed by atoms with van der Waals surface area (Å²) < 4.78 is 0. The maximum Gasteiger partial charge on any atom is 0.147 e. The SMILES string of the molecule is Cc1[nH]nc2ccc(-c3nnc(C(N)C(N)C4CCc5ccccc5C4)s3)cc12. The quantitative estimate of drug-likeness (QED) is 0.482. The topological polar surface area (TPSA) is 106 Å². The van der Waals surface area contributed by atoms with E-state index < -0.39 is 0 Å². The number of nitrogens with one attached hydrogen (secondary N) is 1. The molecule has 2 aromatic heterocycles. The van der Waals surface area contributed by atoms with E-state index in [2.05, 4.69) is 50.7 Å². The monoisotopic (exact) mass is 404 g/mol. The van der Waals surface area contributed by atoms with Crippen molar-refractivity contribution in [3.8, 4) is 10.6 Å². The number of hydrogen-bond donors (Lipinski definition) is 3. The molecule has 2 aromatic carbocycles. The summed E-state index contributed by atoms with van der Waals surface area (Å²) in [5.74, 6) is 0.359. The van der Waals surface area contributed by atoms with Gasteiger partial charge < -0.3 is 11.5 Å². The molecule has 0 saturated heterocycles. The molecule has 2 heterocycles. The Morgan fingerprint density at radius 3 is 2.79 bits per heavy atom. The molecule has 0 spiro atoms. The Labute approximate surface area is 173 Å². The molecule has 0 aliphatic heterocycles. The van der Waals surface area contributed by atoms with E-state index >= 15 is 0 Å². The highest BCUT2D eigenvalue weighted by Gasteiger charge is 2.30. The van der Waals surface area contributed by atoms with Gasteiger partial charge in [0.15, 0.2) is 0 Å². The number of hydrogen-bond acceptors (Lipinski definition) is 6. The van der Waals surface area contributed by atoms with Crippen LogP contribution in [-0.4, -0.2) is 26.4 Å². The standard InChI is InChI=1S/C22H24N6S/c1-12-17-11-16(8-9-18(17)26-25-12)21-27-28-22(29-21)20(24)19(23)15-7-6-13-4-2-3-5-14(13)10-15/h2-5,8-9,11,15,19-20H,6-7,10,23-24H2,1H3,(H,25,26). The third-order valence-corrected chi connectivity index (χ3v) is 7.13. The molecule has 0 bridgehead atoms. The van der Waals surface area contributed by atoms with Gasteiger partial charge in [-0.2, -0.15) is 5.10 Å². The number of fused-ring (bicyclic) bond motifs is 2. The third-order valence-electron chi connectivity index (χ3n) is 6.06. The van der Waals surface area contributed by atoms with Crippen LogP contribution >= 0.6 is 11.3 Å². The first-order valence-electron chi connectivity index (χ1n) is 9.96. The average Bonchev–Trinajstić information content (AvgIpc) is 3.39. The fourth-order valence-electron chi connectivity index (χ4n) is 4.27. The van der Waals surface area contributed by atoms with Gasteiger partial charge in [0, 0.05) is 22.7 Å². The Morgan fingerprint density at radius 2 is 1.93 bits per heavy atom. The molecule has 0 amide bonds. The average molecular weight is 405 g/mol. The molecule has 5 N–H and O–H groups in total. The number of nitrogens with two attached hydrogens (primary N) is 2. The molecule has 148 valence electrons. The van der Waals surface area contributed by atoms with E-state index in [-0.39, 0.29) is 12.1 Å². The first-order chi connectivity index (χ1) is 14.1. The number of rotatable bonds is 4. The van der Waals surface area contributed by atoms with Crippen LogP contribution in [0.3, 0.4) is 0 Å². The lowest BCUT2D eigenvalue weighted by Gasteiger charge is -2.31. The molecule has 29 heavy (non-hydrogen) atoms. The Kier molecular flexibility index (Phi) is 4.66. The molecule has 5 rings (SSSR count). The molecule has 1 aliphatic carbocycles. The Morgan fingerprint density at radius 1 is 1.10 bits per heavy atom. The highest BCUT2D eigenvalue weighted by Crippen LogP contribution is 2.34. The zero-order chi connectivity index (χ0) is 20.0. The van der Waals surface area contributed by atoms with Gasteiger partial charge in [0.25, 0.3) is 0 Å². The lowest BCUT2D eigenvalue weighted by molar-refractivity contribution is 0.333. The first kappa shape index (κ1) is 18.4. The van der Waals surface area contributed by atoms with Gasteiger partial charge in [-0.05, 0) is 61.4 Å². The van der Waals surface area contributed by atoms with Crippen molar-refractivity contribution in [3.63, 3.8) is 0 Å². The van der Waals surface area contributed by atoms with Crippen LogP contribution < -0.4 is 11.5 Å². The minimum atomic E-state index is -0.309. The Hall–Kier alpha value is -2.61. The van der Waals surface area contributed by atoms with Gasteiger partial charge in [-0.1, -0.05) is 35.6 Å². The molecule has 0 radical (unpaired) electrons. The van der Waals surface area contributed by atoms with Crippen LogP contribution in [0.15, 0.2) is 42.5 Å². The van der Waals surface area contributed by atoms with Crippen molar-refractivity contribution < 1.29 is 0 Å². The van der Waals surface area contributed by atoms with E-state index in [0.717, 1.165) is 51.4 Å². The zero-order valence-electron chi connectivity index (χ0n) is 16.3. The van der Waals surface area contributed by atoms with Gasteiger partial charge in [-0.3, -0.25) is 5.10 Å². The number of H-pyrrole nitrogens is 1. The van der Waals surface area contributed by atoms with Crippen LogP contribution in [0.5, 0.6) is 0 Å². The molecule has 0 saturated carbocycles. The summed E-state index contributed by atoms with van der Waals surface area (Å²) in [6, 6.07) is 14.3. The second-order valence-corrected chi connectivity index (χ2v) is 8.91. The van der Waals surface area contributed by atoms with Gasteiger partial charge in [-0.25, -0.2) is 0 Å². The second kappa shape index (κ2) is 7.33. The predicted molar refractivity (Wildman–Crippen MR) is 117 cm³/mol. The van der Waals surface area contributed by atoms with Crippen molar-refractivity contribution in [1.82, 2.24) is 20.4 Å². The smallest absolute Gasteiger partial charge is 0.147 e. The molecule has 7 heteroatoms. The molecule has 3 atom stereocenters. The summed E-state index contributed by atoms with van der Waals surface area (Å²) >= 11 is 1.53. The molecule has 6 nitrogen and oxygen atoms in total. The third kappa shape index (κ3) is 3.35. The maximum absolute atomic E-state index is 6.61. The van der Waals surface area contributed by atoms with Crippen LogP contribution in [0, 0.1) is 12.8 Å². The summed E-state index contributed by atoms with van der Waals surface area (Å²) in [6.07, 6.45) is 3.10. The van der Waals surface area contributed by atoms with E-state index in [1.54, 1.807) is 0 Å². The van der Waals surface area contributed by atoms with Crippen molar-refractivity contribution in [2.24, 2.45) is 17.4 Å². The van der Waals surface area contributed by atoms with Crippen LogP contribution in [-0.2, 0) is 12.8 Å². The van der Waals surface area contributed by atoms with Gasteiger partial charge >= 0.3 is 0 Å². The summed E-state index contributed by atoms with van der Waals surface area (Å²) in [6.45, 7) is 2.02. The number of benzene rings is 2. The van der Waals surface area contributed by atoms with Gasteiger partial charge in [0.05, 0.1) is 11.6 Å². The van der Waals surface area contributed by atoms with Crippen LogP contribution in [0.2, 0.25) is 0 Å². The summed E-state index contributed by atoms with van der Waals surface area (Å²) in [5.41, 5.74) is 19.0. The van der Waals surface area contributed by atoms with E-state index in [4.69, 9.17) is 11.5 Å². The lowest BCUT2D eigenvalue weighted by atomic mass is 9.78. The molecular weight excluding hydrogens is 380 g/mol. The van der Waals surface area contributed by atoms with Crippen molar-refractivity contribution in [2.45, 2.75) is 38.3 Å². The fraction of sp³-hybridized carbons (Fsp3) is 0.318. The number of nitrogens with zero attached hydrogens (tertiary/aromatic N) is 3. The van der Waals surface area contributed by atoms with Gasteiger partial charge in [-0.15, -0.1) is 10.2 Å². The number of aryl methyl sites for hydroxylation is 2. The highest BCUT2D eigenvalue weighted by atomic mass is 32.1. The first-order valence-corrected chi connectivity index (χ1v) is 10.8. The maximum atomic E-state index is 6.61. The van der Waals surface area contributed by atoms with Crippen LogP contribution in [0.1, 0.15) is 34.3 Å². The van der Waals surface area contributed by atoms with E-state index in [1.165, 1.54) is 22.5 Å². The van der Waals surface area contributed by atoms with Crippen LogP contribution in [0.4, 0.5) is 0 Å². The molecule has 0 fully saturated rings. The number of aromatic amines is 1. The summed E-state index contributed by atoms with van der Waals surface area (Å²) in [7, 11) is 0.